The zero-order valence-electron chi connectivity index (χ0n) is 18.1. The molecule has 1 aromatic rings. The molecule has 1 aliphatic carbocycles. The van der Waals surface area contributed by atoms with E-state index in [9.17, 15) is 18.0 Å². The van der Waals surface area contributed by atoms with E-state index in [-0.39, 0.29) is 29.1 Å². The van der Waals surface area contributed by atoms with E-state index in [4.69, 9.17) is 5.73 Å². The second-order valence-corrected chi connectivity index (χ2v) is 9.97. The zero-order valence-corrected chi connectivity index (χ0v) is 18.9. The van der Waals surface area contributed by atoms with Gasteiger partial charge in [-0.15, -0.1) is 0 Å². The summed E-state index contributed by atoms with van der Waals surface area (Å²) in [6.45, 7) is 3.67. The minimum Gasteiger partial charge on any atom is -0.368 e. The highest BCUT2D eigenvalue weighted by molar-refractivity contribution is 7.89. The Hall–Kier alpha value is -1.97. The lowest BCUT2D eigenvalue weighted by Gasteiger charge is -2.31. The van der Waals surface area contributed by atoms with Crippen LogP contribution < -0.4 is 16.4 Å². The van der Waals surface area contributed by atoms with Crippen molar-refractivity contribution in [2.24, 2.45) is 11.7 Å². The van der Waals surface area contributed by atoms with Crippen molar-refractivity contribution in [2.45, 2.75) is 69.4 Å². The minimum atomic E-state index is -3.75. The van der Waals surface area contributed by atoms with Crippen LogP contribution in [0.5, 0.6) is 0 Å². The number of para-hydroxylation sites is 1. The molecule has 0 heterocycles. The van der Waals surface area contributed by atoms with Gasteiger partial charge in [0.1, 0.15) is 4.90 Å². The number of hydrogen-bond donors (Lipinski definition) is 3. The van der Waals surface area contributed by atoms with Gasteiger partial charge in [0.15, 0.2) is 0 Å². The molecule has 30 heavy (non-hydrogen) atoms. The topological polar surface area (TPSA) is 122 Å². The fourth-order valence-corrected chi connectivity index (χ4v) is 5.37. The number of carbonyl (C=O) groups excluding carboxylic acids is 2. The third kappa shape index (κ3) is 6.02. The van der Waals surface area contributed by atoms with E-state index in [1.807, 2.05) is 13.8 Å². The van der Waals surface area contributed by atoms with Gasteiger partial charge in [-0.1, -0.05) is 51.7 Å². The third-order valence-electron chi connectivity index (χ3n) is 5.91. The summed E-state index contributed by atoms with van der Waals surface area (Å²) in [6.07, 6.45) is 5.60. The SMILES string of the molecule is CCC(C)C(NCC(=O)Nc1ccccc1S(=O)(=O)N(C)C1CCCCC1)C(N)=O. The number of nitrogens with two attached hydrogens (primary N) is 1. The van der Waals surface area contributed by atoms with Gasteiger partial charge in [0, 0.05) is 13.1 Å². The number of hydrogen-bond acceptors (Lipinski definition) is 5. The number of rotatable bonds is 10. The summed E-state index contributed by atoms with van der Waals surface area (Å²) in [5, 5.41) is 5.54. The number of nitrogens with zero attached hydrogens (tertiary/aromatic N) is 1. The van der Waals surface area contributed by atoms with E-state index in [0.29, 0.717) is 0 Å². The highest BCUT2D eigenvalue weighted by atomic mass is 32.2. The molecule has 0 radical (unpaired) electrons. The van der Waals surface area contributed by atoms with E-state index in [1.165, 1.54) is 10.4 Å². The Morgan fingerprint density at radius 2 is 1.83 bits per heavy atom. The quantitative estimate of drug-likeness (QED) is 0.516. The molecule has 8 nitrogen and oxygen atoms in total. The van der Waals surface area contributed by atoms with Crippen molar-refractivity contribution < 1.29 is 18.0 Å². The van der Waals surface area contributed by atoms with E-state index in [1.54, 1.807) is 25.2 Å². The Kier molecular flexibility index (Phi) is 8.81. The molecule has 2 rings (SSSR count). The molecular weight excluding hydrogens is 404 g/mol. The summed E-state index contributed by atoms with van der Waals surface area (Å²) in [7, 11) is -2.15. The molecule has 1 saturated carbocycles. The maximum absolute atomic E-state index is 13.2. The molecule has 1 fully saturated rings. The Morgan fingerprint density at radius 1 is 1.20 bits per heavy atom. The van der Waals surface area contributed by atoms with Crippen LogP contribution in [0.15, 0.2) is 29.2 Å². The van der Waals surface area contributed by atoms with Crippen LogP contribution in [0.4, 0.5) is 5.69 Å². The van der Waals surface area contributed by atoms with Crippen molar-refractivity contribution in [1.29, 1.82) is 0 Å². The number of nitrogens with one attached hydrogen (secondary N) is 2. The smallest absolute Gasteiger partial charge is 0.245 e. The first kappa shape index (κ1) is 24.3. The summed E-state index contributed by atoms with van der Waals surface area (Å²) >= 11 is 0. The van der Waals surface area contributed by atoms with Crippen LogP contribution in [0.3, 0.4) is 0 Å². The van der Waals surface area contributed by atoms with Gasteiger partial charge in [-0.25, -0.2) is 8.42 Å². The van der Waals surface area contributed by atoms with Crippen LogP contribution in [0.25, 0.3) is 0 Å². The van der Waals surface area contributed by atoms with Crippen LogP contribution in [-0.4, -0.2) is 50.2 Å². The molecule has 2 atom stereocenters. The van der Waals surface area contributed by atoms with Crippen LogP contribution >= 0.6 is 0 Å². The van der Waals surface area contributed by atoms with Crippen molar-refractivity contribution in [1.82, 2.24) is 9.62 Å². The van der Waals surface area contributed by atoms with Crippen LogP contribution in [-0.2, 0) is 19.6 Å². The van der Waals surface area contributed by atoms with E-state index in [0.717, 1.165) is 38.5 Å². The average molecular weight is 439 g/mol. The lowest BCUT2D eigenvalue weighted by molar-refractivity contribution is -0.121. The van der Waals surface area contributed by atoms with E-state index < -0.39 is 27.9 Å². The lowest BCUT2D eigenvalue weighted by atomic mass is 9.96. The predicted octanol–water partition coefficient (Wildman–Crippen LogP) is 2.07. The van der Waals surface area contributed by atoms with Crippen molar-refractivity contribution in [2.75, 3.05) is 18.9 Å². The Balaban J connectivity index is 2.12. The Labute approximate surface area is 179 Å². The number of sulfonamides is 1. The van der Waals surface area contributed by atoms with Gasteiger partial charge in [-0.05, 0) is 30.9 Å². The second kappa shape index (κ2) is 10.9. The zero-order chi connectivity index (χ0) is 22.3. The molecule has 0 aliphatic heterocycles. The maximum atomic E-state index is 13.2. The fourth-order valence-electron chi connectivity index (χ4n) is 3.81. The number of primary amides is 1. The van der Waals surface area contributed by atoms with Crippen LogP contribution in [0.2, 0.25) is 0 Å². The van der Waals surface area contributed by atoms with Crippen molar-refractivity contribution in [3.63, 3.8) is 0 Å². The van der Waals surface area contributed by atoms with Gasteiger partial charge in [-0.3, -0.25) is 14.9 Å². The normalized spacial score (nSPS) is 17.5. The van der Waals surface area contributed by atoms with Gasteiger partial charge in [0.25, 0.3) is 0 Å². The van der Waals surface area contributed by atoms with Crippen LogP contribution in [0, 0.1) is 5.92 Å². The third-order valence-corrected chi connectivity index (χ3v) is 7.88. The Bertz CT molecular complexity index is 837. The number of benzene rings is 1. The molecular formula is C21H34N4O4S. The van der Waals surface area contributed by atoms with Gasteiger partial charge in [0.05, 0.1) is 18.3 Å². The number of anilines is 1. The summed E-state index contributed by atoms with van der Waals surface area (Å²) in [5.74, 6) is -0.978. The molecule has 1 aliphatic rings. The monoisotopic (exact) mass is 438 g/mol. The first-order valence-corrected chi connectivity index (χ1v) is 12.0. The van der Waals surface area contributed by atoms with E-state index in [2.05, 4.69) is 10.6 Å². The van der Waals surface area contributed by atoms with Crippen molar-refractivity contribution in [3.05, 3.63) is 24.3 Å². The maximum Gasteiger partial charge on any atom is 0.245 e. The number of carbonyl (C=O) groups is 2. The molecule has 2 unspecified atom stereocenters. The molecule has 168 valence electrons. The van der Waals surface area contributed by atoms with Crippen molar-refractivity contribution in [3.8, 4) is 0 Å². The minimum absolute atomic E-state index is 0.0212. The fraction of sp³-hybridized carbons (Fsp3) is 0.619. The Morgan fingerprint density at radius 3 is 2.43 bits per heavy atom. The highest BCUT2D eigenvalue weighted by Crippen LogP contribution is 2.29. The predicted molar refractivity (Wildman–Crippen MR) is 117 cm³/mol. The molecule has 2 amide bonds. The summed E-state index contributed by atoms with van der Waals surface area (Å²) < 4.78 is 27.9. The van der Waals surface area contributed by atoms with Crippen LogP contribution in [0.1, 0.15) is 52.4 Å². The molecule has 4 N–H and O–H groups in total. The van der Waals surface area contributed by atoms with Crippen molar-refractivity contribution >= 4 is 27.5 Å². The first-order chi connectivity index (χ1) is 14.2. The second-order valence-electron chi connectivity index (χ2n) is 8.00. The van der Waals surface area contributed by atoms with Gasteiger partial charge < -0.3 is 11.1 Å². The standard InChI is InChI=1S/C21H34N4O4S/c1-4-15(2)20(21(22)27)23-14-19(26)24-17-12-8-9-13-18(17)30(28,29)25(3)16-10-6-5-7-11-16/h8-9,12-13,15-16,20,23H,4-7,10-11,14H2,1-3H3,(H2,22,27)(H,24,26). The average Bonchev–Trinajstić information content (AvgIpc) is 2.73. The summed E-state index contributed by atoms with van der Waals surface area (Å²) in [4.78, 5) is 24.2. The molecule has 1 aromatic carbocycles. The number of amides is 2. The molecule has 0 saturated heterocycles. The molecule has 9 heteroatoms. The highest BCUT2D eigenvalue weighted by Gasteiger charge is 2.31. The van der Waals surface area contributed by atoms with Gasteiger partial charge in [-0.2, -0.15) is 4.31 Å². The summed E-state index contributed by atoms with van der Waals surface area (Å²) in [6, 6.07) is 5.73. The summed E-state index contributed by atoms with van der Waals surface area (Å²) in [5.41, 5.74) is 5.65. The van der Waals surface area contributed by atoms with Gasteiger partial charge in [0.2, 0.25) is 21.8 Å². The van der Waals surface area contributed by atoms with Gasteiger partial charge >= 0.3 is 0 Å². The van der Waals surface area contributed by atoms with E-state index >= 15 is 0 Å². The first-order valence-electron chi connectivity index (χ1n) is 10.6. The molecule has 0 bridgehead atoms. The molecule has 0 spiro atoms. The molecule has 0 aromatic heterocycles. The largest absolute Gasteiger partial charge is 0.368 e. The lowest BCUT2D eigenvalue weighted by Crippen LogP contribution is -2.48.